The molecule has 0 saturated carbocycles. The Morgan fingerprint density at radius 3 is 2.82 bits per heavy atom. The van der Waals surface area contributed by atoms with Crippen LogP contribution in [0.4, 0.5) is 5.69 Å². The maximum atomic E-state index is 4.29. The minimum absolute atomic E-state index is 0. The number of anilines is 1. The van der Waals surface area contributed by atoms with Crippen LogP contribution in [0.1, 0.15) is 0 Å². The van der Waals surface area contributed by atoms with E-state index in [-0.39, 0.29) is 34.3 Å². The van der Waals surface area contributed by atoms with Crippen LogP contribution in [-0.2, 0) is 0 Å². The van der Waals surface area contributed by atoms with Gasteiger partial charge in [-0.2, -0.15) is 0 Å². The van der Waals surface area contributed by atoms with E-state index in [1.54, 1.807) is 11.8 Å². The van der Waals surface area contributed by atoms with Gasteiger partial charge in [0.1, 0.15) is 4.71 Å². The minimum atomic E-state index is 0. The molecule has 52 valence electrons. The summed E-state index contributed by atoms with van der Waals surface area (Å²) in [7, 11) is 0. The number of rotatable bonds is 0. The molecule has 0 saturated heterocycles. The summed E-state index contributed by atoms with van der Waals surface area (Å²) in [5, 5.41) is 3.22. The van der Waals surface area contributed by atoms with Gasteiger partial charge in [0.15, 0.2) is 0 Å². The zero-order chi connectivity index (χ0) is 6.97. The first-order chi connectivity index (χ1) is 4.86. The first kappa shape index (κ1) is 9.81. The van der Waals surface area contributed by atoms with Crippen LogP contribution in [0.15, 0.2) is 29.2 Å². The molecule has 1 aliphatic rings. The van der Waals surface area contributed by atoms with Crippen molar-refractivity contribution in [3.63, 3.8) is 0 Å². The molecule has 0 fully saturated rings. The quantitative estimate of drug-likeness (QED) is 0.421. The fourth-order valence-corrected chi connectivity index (χ4v) is 2.29. The van der Waals surface area contributed by atoms with Gasteiger partial charge in [0.25, 0.3) is 0 Å². The molecule has 1 aromatic carbocycles. The Balaban J connectivity index is 0.000000605. The van der Waals surface area contributed by atoms with E-state index < -0.39 is 0 Å². The molecule has 0 aliphatic carbocycles. The van der Waals surface area contributed by atoms with Gasteiger partial charge < -0.3 is 5.32 Å². The second-order valence-corrected chi connectivity index (χ2v) is 4.12. The summed E-state index contributed by atoms with van der Waals surface area (Å²) < 4.78 is 0.234. The van der Waals surface area contributed by atoms with Crippen molar-refractivity contribution in [2.75, 3.05) is 5.32 Å². The van der Waals surface area contributed by atoms with Crippen LogP contribution in [0.5, 0.6) is 0 Å². The number of nitrogens with one attached hydrogen (secondary N) is 1. The molecular formula is C7H7NNaS2+. The molecule has 1 N–H and O–H groups in total. The van der Waals surface area contributed by atoms with Crippen LogP contribution in [0.25, 0.3) is 0 Å². The van der Waals surface area contributed by atoms with Gasteiger partial charge in [0.05, 0.1) is 0 Å². The molecule has 1 unspecified atom stereocenters. The monoisotopic (exact) mass is 192 g/mol. The van der Waals surface area contributed by atoms with Crippen LogP contribution in [-0.4, -0.2) is 4.71 Å². The number of benzene rings is 1. The van der Waals surface area contributed by atoms with Gasteiger partial charge in [-0.1, -0.05) is 23.9 Å². The average Bonchev–Trinajstić information content (AvgIpc) is 2.27. The number of thiol groups is 1. The normalized spacial score (nSPS) is 19.9. The molecule has 0 spiro atoms. The summed E-state index contributed by atoms with van der Waals surface area (Å²) in [6.07, 6.45) is 0. The molecule has 0 radical (unpaired) electrons. The van der Waals surface area contributed by atoms with Gasteiger partial charge in [-0.15, -0.1) is 12.6 Å². The van der Waals surface area contributed by atoms with E-state index in [4.69, 9.17) is 0 Å². The molecule has 0 bridgehead atoms. The molecule has 1 nitrogen and oxygen atoms in total. The fraction of sp³-hybridized carbons (Fsp3) is 0.143. The van der Waals surface area contributed by atoms with Gasteiger partial charge in [-0.05, 0) is 12.1 Å². The SMILES string of the molecule is SC1Nc2ccccc2S1.[Na+]. The molecule has 0 amide bonds. The van der Waals surface area contributed by atoms with E-state index >= 15 is 0 Å². The number of hydrogen-bond acceptors (Lipinski definition) is 3. The Hall–Kier alpha value is 0.720. The van der Waals surface area contributed by atoms with Gasteiger partial charge in [0.2, 0.25) is 0 Å². The van der Waals surface area contributed by atoms with Crippen molar-refractivity contribution in [3.05, 3.63) is 24.3 Å². The van der Waals surface area contributed by atoms with Crippen molar-refractivity contribution in [1.29, 1.82) is 0 Å². The smallest absolute Gasteiger partial charge is 0.364 e. The van der Waals surface area contributed by atoms with E-state index in [1.807, 2.05) is 12.1 Å². The van der Waals surface area contributed by atoms with Crippen molar-refractivity contribution < 1.29 is 29.6 Å². The Kier molecular flexibility index (Phi) is 3.65. The summed E-state index contributed by atoms with van der Waals surface area (Å²) in [5.74, 6) is 0. The zero-order valence-corrected chi connectivity index (χ0v) is 9.95. The van der Waals surface area contributed by atoms with E-state index in [0.29, 0.717) is 0 Å². The molecule has 1 atom stereocenters. The van der Waals surface area contributed by atoms with Gasteiger partial charge in [0, 0.05) is 10.6 Å². The largest absolute Gasteiger partial charge is 1.00 e. The van der Waals surface area contributed by atoms with Crippen LogP contribution in [0.3, 0.4) is 0 Å². The summed E-state index contributed by atoms with van der Waals surface area (Å²) in [5.41, 5.74) is 1.20. The van der Waals surface area contributed by atoms with E-state index in [1.165, 1.54) is 10.6 Å². The third kappa shape index (κ3) is 2.10. The molecular weight excluding hydrogens is 185 g/mol. The molecule has 1 aliphatic heterocycles. The number of hydrogen-bond donors (Lipinski definition) is 2. The van der Waals surface area contributed by atoms with Gasteiger partial charge >= 0.3 is 29.6 Å². The second-order valence-electron chi connectivity index (χ2n) is 2.11. The van der Waals surface area contributed by atoms with Crippen LogP contribution < -0.4 is 34.9 Å². The van der Waals surface area contributed by atoms with Crippen LogP contribution in [0.2, 0.25) is 0 Å². The van der Waals surface area contributed by atoms with Crippen molar-refractivity contribution in [2.24, 2.45) is 0 Å². The summed E-state index contributed by atoms with van der Waals surface area (Å²) in [4.78, 5) is 1.29. The Morgan fingerprint density at radius 1 is 1.36 bits per heavy atom. The zero-order valence-electron chi connectivity index (χ0n) is 6.24. The first-order valence-electron chi connectivity index (χ1n) is 3.06. The molecule has 4 heteroatoms. The van der Waals surface area contributed by atoms with Crippen LogP contribution >= 0.6 is 24.4 Å². The van der Waals surface area contributed by atoms with Gasteiger partial charge in [-0.25, -0.2) is 0 Å². The van der Waals surface area contributed by atoms with Crippen LogP contribution in [0, 0.1) is 0 Å². The van der Waals surface area contributed by atoms with Gasteiger partial charge in [-0.3, -0.25) is 0 Å². The number of para-hydroxylation sites is 1. The summed E-state index contributed by atoms with van der Waals surface area (Å²) in [6.45, 7) is 0. The maximum absolute atomic E-state index is 4.29. The minimum Gasteiger partial charge on any atom is -0.364 e. The van der Waals surface area contributed by atoms with Crippen molar-refractivity contribution in [3.8, 4) is 0 Å². The topological polar surface area (TPSA) is 12.0 Å². The Labute approximate surface area is 98.0 Å². The number of fused-ring (bicyclic) bond motifs is 1. The molecule has 1 heterocycles. The molecule has 11 heavy (non-hydrogen) atoms. The van der Waals surface area contributed by atoms with Crippen molar-refractivity contribution in [1.82, 2.24) is 0 Å². The average molecular weight is 192 g/mol. The fourth-order valence-electron chi connectivity index (χ4n) is 0.971. The first-order valence-corrected chi connectivity index (χ1v) is 4.46. The maximum Gasteiger partial charge on any atom is 1.00 e. The Bertz CT molecular complexity index is 229. The number of thioether (sulfide) groups is 1. The third-order valence-electron chi connectivity index (χ3n) is 1.40. The van der Waals surface area contributed by atoms with Crippen molar-refractivity contribution >= 4 is 30.1 Å². The summed E-state index contributed by atoms with van der Waals surface area (Å²) in [6, 6.07) is 8.24. The Morgan fingerprint density at radius 2 is 2.09 bits per heavy atom. The third-order valence-corrected chi connectivity index (χ3v) is 2.80. The van der Waals surface area contributed by atoms with Crippen molar-refractivity contribution in [2.45, 2.75) is 9.60 Å². The standard InChI is InChI=1S/C7H7NS2.Na/c9-7-8-5-3-1-2-4-6(5)10-7;/h1-4,7-9H;/q;+1. The van der Waals surface area contributed by atoms with E-state index in [9.17, 15) is 0 Å². The predicted molar refractivity (Wildman–Crippen MR) is 48.7 cm³/mol. The molecule has 0 aromatic heterocycles. The summed E-state index contributed by atoms with van der Waals surface area (Å²) >= 11 is 6.03. The molecule has 2 rings (SSSR count). The second kappa shape index (κ2) is 4.10. The van der Waals surface area contributed by atoms with E-state index in [0.717, 1.165) is 0 Å². The molecule has 1 aromatic rings. The van der Waals surface area contributed by atoms with E-state index in [2.05, 4.69) is 30.1 Å². The predicted octanol–water partition coefficient (Wildman–Crippen LogP) is -0.578.